The lowest BCUT2D eigenvalue weighted by Crippen LogP contribution is -2.42. The Kier molecular flexibility index (Phi) is 11.0. The normalized spacial score (nSPS) is 11.9. The molecule has 0 saturated carbocycles. The van der Waals surface area contributed by atoms with Crippen molar-refractivity contribution in [3.05, 3.63) is 54.2 Å². The predicted molar refractivity (Wildman–Crippen MR) is 117 cm³/mol. The molecule has 154 valence electrons. The van der Waals surface area contributed by atoms with E-state index in [1.807, 2.05) is 13.8 Å². The summed E-state index contributed by atoms with van der Waals surface area (Å²) in [6, 6.07) is 9.28. The molecular formula is C19H26FIN4O3. The van der Waals surface area contributed by atoms with Gasteiger partial charge in [-0.1, -0.05) is 6.07 Å². The largest absolute Gasteiger partial charge is 0.489 e. The Balaban J connectivity index is 0.00000392. The van der Waals surface area contributed by atoms with E-state index in [4.69, 9.17) is 9.15 Å². The van der Waals surface area contributed by atoms with Crippen LogP contribution in [0.4, 0.5) is 4.39 Å². The number of nitrogens with one attached hydrogen (secondary N) is 3. The number of aliphatic imine (C=N–C) groups is 1. The molecule has 1 aromatic carbocycles. The molecule has 3 N–H and O–H groups in total. The summed E-state index contributed by atoms with van der Waals surface area (Å²) in [6.07, 6.45) is 1.23. The second-order valence-corrected chi connectivity index (χ2v) is 5.77. The average molecular weight is 504 g/mol. The summed E-state index contributed by atoms with van der Waals surface area (Å²) in [5.41, 5.74) is 0. The van der Waals surface area contributed by atoms with Crippen molar-refractivity contribution in [2.45, 2.75) is 20.0 Å². The summed E-state index contributed by atoms with van der Waals surface area (Å²) < 4.78 is 23.9. The van der Waals surface area contributed by atoms with Crippen LogP contribution in [-0.4, -0.2) is 44.1 Å². The molecule has 0 spiro atoms. The van der Waals surface area contributed by atoms with E-state index in [0.29, 0.717) is 37.9 Å². The van der Waals surface area contributed by atoms with Gasteiger partial charge >= 0.3 is 0 Å². The Morgan fingerprint density at radius 3 is 2.68 bits per heavy atom. The van der Waals surface area contributed by atoms with Crippen molar-refractivity contribution in [1.82, 2.24) is 16.0 Å². The number of benzene rings is 1. The van der Waals surface area contributed by atoms with Crippen molar-refractivity contribution >= 4 is 35.8 Å². The summed E-state index contributed by atoms with van der Waals surface area (Å²) >= 11 is 0. The van der Waals surface area contributed by atoms with Gasteiger partial charge in [-0.2, -0.15) is 0 Å². The third-order valence-electron chi connectivity index (χ3n) is 3.43. The highest BCUT2D eigenvalue weighted by Gasteiger charge is 2.08. The molecule has 2 rings (SSSR count). The average Bonchev–Trinajstić information content (AvgIpc) is 3.18. The van der Waals surface area contributed by atoms with Crippen molar-refractivity contribution in [1.29, 1.82) is 0 Å². The number of halogens is 2. The number of nitrogens with zero attached hydrogens (tertiary/aromatic N) is 1. The fourth-order valence-corrected chi connectivity index (χ4v) is 2.22. The van der Waals surface area contributed by atoms with Gasteiger partial charge in [-0.05, 0) is 38.1 Å². The van der Waals surface area contributed by atoms with Gasteiger partial charge in [0.1, 0.15) is 17.7 Å². The van der Waals surface area contributed by atoms with Gasteiger partial charge in [0.05, 0.1) is 12.8 Å². The number of guanidine groups is 1. The number of hydrogen-bond donors (Lipinski definition) is 3. The molecule has 0 aliphatic heterocycles. The first-order valence-corrected chi connectivity index (χ1v) is 8.84. The minimum atomic E-state index is -0.338. The Morgan fingerprint density at radius 1 is 1.21 bits per heavy atom. The molecule has 0 aliphatic carbocycles. The van der Waals surface area contributed by atoms with Gasteiger partial charge in [0.25, 0.3) is 5.91 Å². The SMILES string of the molecule is CCNC(=NCC(C)Oc1cccc(F)c1)NCCNC(=O)c1ccco1.I. The lowest BCUT2D eigenvalue weighted by Gasteiger charge is -2.15. The van der Waals surface area contributed by atoms with E-state index in [2.05, 4.69) is 20.9 Å². The molecule has 7 nitrogen and oxygen atoms in total. The fourth-order valence-electron chi connectivity index (χ4n) is 2.22. The number of carbonyl (C=O) groups excluding carboxylic acids is 1. The number of hydrogen-bond acceptors (Lipinski definition) is 4. The first-order chi connectivity index (χ1) is 13.1. The zero-order chi connectivity index (χ0) is 19.5. The molecular weight excluding hydrogens is 478 g/mol. The first-order valence-electron chi connectivity index (χ1n) is 8.84. The van der Waals surface area contributed by atoms with Crippen molar-refractivity contribution < 1.29 is 18.3 Å². The second-order valence-electron chi connectivity index (χ2n) is 5.77. The maximum absolute atomic E-state index is 13.2. The maximum atomic E-state index is 13.2. The third kappa shape index (κ3) is 8.59. The molecule has 0 aliphatic rings. The highest BCUT2D eigenvalue weighted by Crippen LogP contribution is 2.13. The molecule has 1 aromatic heterocycles. The quantitative estimate of drug-likeness (QED) is 0.212. The molecule has 1 atom stereocenters. The Morgan fingerprint density at radius 2 is 2.00 bits per heavy atom. The highest BCUT2D eigenvalue weighted by molar-refractivity contribution is 14.0. The smallest absolute Gasteiger partial charge is 0.287 e. The van der Waals surface area contributed by atoms with Crippen LogP contribution in [0.25, 0.3) is 0 Å². The number of carbonyl (C=O) groups is 1. The Labute approximate surface area is 181 Å². The minimum absolute atomic E-state index is 0. The number of rotatable bonds is 9. The summed E-state index contributed by atoms with van der Waals surface area (Å²) in [6.45, 7) is 5.83. The molecule has 0 saturated heterocycles. The van der Waals surface area contributed by atoms with Crippen LogP contribution in [0.15, 0.2) is 52.1 Å². The van der Waals surface area contributed by atoms with E-state index >= 15 is 0 Å². The van der Waals surface area contributed by atoms with Gasteiger partial charge in [0.15, 0.2) is 11.7 Å². The van der Waals surface area contributed by atoms with Crippen LogP contribution in [-0.2, 0) is 0 Å². The molecule has 1 unspecified atom stereocenters. The van der Waals surface area contributed by atoms with Crippen molar-refractivity contribution in [2.75, 3.05) is 26.2 Å². The fraction of sp³-hybridized carbons (Fsp3) is 0.368. The number of furan rings is 1. The second kappa shape index (κ2) is 13.0. The van der Waals surface area contributed by atoms with E-state index in [-0.39, 0.29) is 47.6 Å². The van der Waals surface area contributed by atoms with E-state index < -0.39 is 0 Å². The molecule has 1 amide bonds. The molecule has 9 heteroatoms. The van der Waals surface area contributed by atoms with Crippen molar-refractivity contribution in [3.8, 4) is 5.75 Å². The molecule has 28 heavy (non-hydrogen) atoms. The Hall–Kier alpha value is -2.30. The number of amides is 1. The monoisotopic (exact) mass is 504 g/mol. The summed E-state index contributed by atoms with van der Waals surface area (Å²) in [4.78, 5) is 16.2. The van der Waals surface area contributed by atoms with Gasteiger partial charge in [0, 0.05) is 25.7 Å². The lowest BCUT2D eigenvalue weighted by atomic mass is 10.3. The predicted octanol–water partition coefficient (Wildman–Crippen LogP) is 2.79. The van der Waals surface area contributed by atoms with Crippen LogP contribution in [0.1, 0.15) is 24.4 Å². The van der Waals surface area contributed by atoms with E-state index in [1.165, 1.54) is 18.4 Å². The minimum Gasteiger partial charge on any atom is -0.489 e. The van der Waals surface area contributed by atoms with Gasteiger partial charge in [-0.3, -0.25) is 4.79 Å². The summed E-state index contributed by atoms with van der Waals surface area (Å²) in [7, 11) is 0. The zero-order valence-corrected chi connectivity index (χ0v) is 18.2. The number of ether oxygens (including phenoxy) is 1. The van der Waals surface area contributed by atoms with Crippen molar-refractivity contribution in [3.63, 3.8) is 0 Å². The molecule has 0 fully saturated rings. The van der Waals surface area contributed by atoms with Gasteiger partial charge in [-0.15, -0.1) is 24.0 Å². The summed E-state index contributed by atoms with van der Waals surface area (Å²) in [5.74, 6) is 0.755. The summed E-state index contributed by atoms with van der Waals surface area (Å²) in [5, 5.41) is 8.99. The van der Waals surface area contributed by atoms with E-state index in [1.54, 1.807) is 24.3 Å². The zero-order valence-electron chi connectivity index (χ0n) is 15.9. The molecule has 0 radical (unpaired) electrons. The van der Waals surface area contributed by atoms with Crippen molar-refractivity contribution in [2.24, 2.45) is 4.99 Å². The first kappa shape index (κ1) is 23.7. The standard InChI is InChI=1S/C19H25FN4O3.HI/c1-3-21-19(23-10-9-22-18(25)17-8-5-11-26-17)24-13-14(2)27-16-7-4-6-15(20)12-16;/h4-8,11-12,14H,3,9-10,13H2,1-2H3,(H,22,25)(H2,21,23,24);1H. The molecule has 2 aromatic rings. The van der Waals surface area contributed by atoms with E-state index in [0.717, 1.165) is 0 Å². The van der Waals surface area contributed by atoms with Gasteiger partial charge in [-0.25, -0.2) is 9.38 Å². The van der Waals surface area contributed by atoms with Crippen LogP contribution in [0, 0.1) is 5.82 Å². The molecule has 1 heterocycles. The lowest BCUT2D eigenvalue weighted by molar-refractivity contribution is 0.0926. The van der Waals surface area contributed by atoms with Gasteiger partial charge in [0.2, 0.25) is 0 Å². The van der Waals surface area contributed by atoms with Crippen LogP contribution in [0.3, 0.4) is 0 Å². The topological polar surface area (TPSA) is 87.9 Å². The third-order valence-corrected chi connectivity index (χ3v) is 3.43. The van der Waals surface area contributed by atoms with Crippen LogP contribution >= 0.6 is 24.0 Å². The molecule has 0 bridgehead atoms. The van der Waals surface area contributed by atoms with Gasteiger partial charge < -0.3 is 25.1 Å². The van der Waals surface area contributed by atoms with Crippen LogP contribution in [0.2, 0.25) is 0 Å². The van der Waals surface area contributed by atoms with Crippen LogP contribution < -0.4 is 20.7 Å². The van der Waals surface area contributed by atoms with E-state index in [9.17, 15) is 9.18 Å². The highest BCUT2D eigenvalue weighted by atomic mass is 127. The van der Waals surface area contributed by atoms with Crippen LogP contribution in [0.5, 0.6) is 5.75 Å². The maximum Gasteiger partial charge on any atom is 0.287 e. The Bertz CT molecular complexity index is 741.